The van der Waals surface area contributed by atoms with E-state index in [0.29, 0.717) is 5.56 Å². The zero-order chi connectivity index (χ0) is 26.4. The largest absolute Gasteiger partial charge is 0.481 e. The van der Waals surface area contributed by atoms with Crippen molar-refractivity contribution in [1.29, 1.82) is 0 Å². The Balaban J connectivity index is 0. The molecule has 196 valence electrons. The van der Waals surface area contributed by atoms with Crippen LogP contribution in [-0.4, -0.2) is 57.7 Å². The Bertz CT molecular complexity index is 647. The van der Waals surface area contributed by atoms with E-state index in [2.05, 4.69) is 13.8 Å². The summed E-state index contributed by atoms with van der Waals surface area (Å²) in [7, 11) is 0. The minimum absolute atomic E-state index is 0.0733. The number of hydrogen-bond acceptors (Lipinski definition) is 6. The van der Waals surface area contributed by atoms with E-state index >= 15 is 0 Å². The van der Waals surface area contributed by atoms with E-state index in [0.717, 1.165) is 51.4 Å². The Morgan fingerprint density at radius 2 is 1.35 bits per heavy atom. The quantitative estimate of drug-likeness (QED) is 0.277. The molecule has 1 aromatic carbocycles. The van der Waals surface area contributed by atoms with Gasteiger partial charge in [-0.05, 0) is 37.8 Å². The summed E-state index contributed by atoms with van der Waals surface area (Å²) in [6.45, 7) is 7.54. The highest BCUT2D eigenvalue weighted by molar-refractivity contribution is 5.87. The molecule has 34 heavy (non-hydrogen) atoms. The fourth-order valence-electron chi connectivity index (χ4n) is 2.82. The minimum atomic E-state index is -0.961. The van der Waals surface area contributed by atoms with Gasteiger partial charge < -0.3 is 25.2 Å². The number of carbonyl (C=O) groups excluding carboxylic acids is 1. The molecule has 0 bridgehead atoms. The lowest BCUT2D eigenvalue weighted by molar-refractivity contribution is -0.152. The second-order valence-corrected chi connectivity index (χ2v) is 7.97. The van der Waals surface area contributed by atoms with Crippen LogP contribution in [0.4, 0.5) is 0 Å². The zero-order valence-electron chi connectivity index (χ0n) is 21.1. The predicted octanol–water partition coefficient (Wildman–Crippen LogP) is 4.77. The monoisotopic (exact) mass is 484 g/mol. The third-order valence-corrected chi connectivity index (χ3v) is 5.13. The number of aliphatic carboxylic acids is 1. The number of benzene rings is 1. The Kier molecular flexibility index (Phi) is 22.2. The maximum Gasteiger partial charge on any atom is 0.335 e. The Morgan fingerprint density at radius 1 is 0.853 bits per heavy atom. The van der Waals surface area contributed by atoms with Gasteiger partial charge in [0.2, 0.25) is 0 Å². The van der Waals surface area contributed by atoms with Crippen molar-refractivity contribution in [1.82, 2.24) is 0 Å². The SMILES string of the molecule is CCCCC(CC)C(=O)O.CCCCC(CC)C(=O)OCC(O)CO.O=C(O)c1ccccc1. The molecule has 0 spiro atoms. The van der Waals surface area contributed by atoms with Crippen LogP contribution in [0.25, 0.3) is 0 Å². The van der Waals surface area contributed by atoms with E-state index in [4.69, 9.17) is 25.2 Å². The molecular weight excluding hydrogens is 440 g/mol. The molecule has 3 atom stereocenters. The Morgan fingerprint density at radius 3 is 1.71 bits per heavy atom. The molecule has 4 N–H and O–H groups in total. The summed E-state index contributed by atoms with van der Waals surface area (Å²) in [6.07, 6.45) is 6.42. The maximum absolute atomic E-state index is 11.5. The van der Waals surface area contributed by atoms with Gasteiger partial charge in [0.15, 0.2) is 0 Å². The molecule has 1 rings (SSSR count). The van der Waals surface area contributed by atoms with E-state index in [1.165, 1.54) is 0 Å². The number of ether oxygens (including phenoxy) is 1. The van der Waals surface area contributed by atoms with Crippen molar-refractivity contribution in [3.63, 3.8) is 0 Å². The van der Waals surface area contributed by atoms with E-state index < -0.39 is 18.0 Å². The number of unbranched alkanes of at least 4 members (excludes halogenated alkanes) is 2. The van der Waals surface area contributed by atoms with Crippen LogP contribution in [-0.2, 0) is 14.3 Å². The summed E-state index contributed by atoms with van der Waals surface area (Å²) in [4.78, 5) is 32.1. The van der Waals surface area contributed by atoms with Crippen molar-refractivity contribution < 1.29 is 39.5 Å². The fraction of sp³-hybridized carbons (Fsp3) is 0.654. The summed E-state index contributed by atoms with van der Waals surface area (Å²) >= 11 is 0. The van der Waals surface area contributed by atoms with Crippen molar-refractivity contribution in [3.8, 4) is 0 Å². The highest BCUT2D eigenvalue weighted by atomic mass is 16.5. The summed E-state index contributed by atoms with van der Waals surface area (Å²) in [6, 6.07) is 8.30. The van der Waals surface area contributed by atoms with Crippen molar-refractivity contribution in [3.05, 3.63) is 35.9 Å². The first-order valence-corrected chi connectivity index (χ1v) is 12.1. The summed E-state index contributed by atoms with van der Waals surface area (Å²) < 4.78 is 4.90. The molecule has 0 heterocycles. The van der Waals surface area contributed by atoms with Crippen LogP contribution < -0.4 is 0 Å². The summed E-state index contributed by atoms with van der Waals surface area (Å²) in [5.74, 6) is -1.97. The molecule has 8 nitrogen and oxygen atoms in total. The van der Waals surface area contributed by atoms with Gasteiger partial charge in [-0.3, -0.25) is 9.59 Å². The topological polar surface area (TPSA) is 141 Å². The highest BCUT2D eigenvalue weighted by Gasteiger charge is 2.18. The van der Waals surface area contributed by atoms with Gasteiger partial charge in [0.25, 0.3) is 0 Å². The molecule has 0 aromatic heterocycles. The number of aliphatic hydroxyl groups excluding tert-OH is 2. The van der Waals surface area contributed by atoms with Crippen molar-refractivity contribution in [2.75, 3.05) is 13.2 Å². The van der Waals surface area contributed by atoms with Crippen molar-refractivity contribution in [2.24, 2.45) is 11.8 Å². The predicted molar refractivity (Wildman–Crippen MR) is 132 cm³/mol. The van der Waals surface area contributed by atoms with Crippen LogP contribution in [0.15, 0.2) is 30.3 Å². The molecule has 0 aliphatic carbocycles. The Hall–Kier alpha value is -2.45. The molecule has 0 radical (unpaired) electrons. The number of rotatable bonds is 14. The van der Waals surface area contributed by atoms with Crippen LogP contribution in [0.3, 0.4) is 0 Å². The molecule has 3 unspecified atom stereocenters. The van der Waals surface area contributed by atoms with Crippen molar-refractivity contribution in [2.45, 2.75) is 85.2 Å². The van der Waals surface area contributed by atoms with Gasteiger partial charge in [-0.2, -0.15) is 0 Å². The number of aromatic carboxylic acids is 1. The number of esters is 1. The van der Waals surface area contributed by atoms with Crippen LogP contribution in [0.2, 0.25) is 0 Å². The normalized spacial score (nSPS) is 12.6. The van der Waals surface area contributed by atoms with E-state index in [-0.39, 0.29) is 31.0 Å². The molecule has 0 aliphatic heterocycles. The molecule has 8 heteroatoms. The summed E-state index contributed by atoms with van der Waals surface area (Å²) in [5.41, 5.74) is 0.331. The van der Waals surface area contributed by atoms with E-state index in [1.807, 2.05) is 13.8 Å². The van der Waals surface area contributed by atoms with Gasteiger partial charge in [0.1, 0.15) is 12.7 Å². The first-order valence-electron chi connectivity index (χ1n) is 12.1. The number of hydrogen-bond donors (Lipinski definition) is 4. The van der Waals surface area contributed by atoms with Crippen molar-refractivity contribution >= 4 is 17.9 Å². The fourth-order valence-corrected chi connectivity index (χ4v) is 2.82. The molecule has 0 amide bonds. The van der Waals surface area contributed by atoms with Crippen LogP contribution in [0, 0.1) is 11.8 Å². The number of carboxylic acids is 2. The molecule has 0 aliphatic rings. The molecule has 0 saturated heterocycles. The number of carboxylic acid groups (broad SMARTS) is 2. The highest BCUT2D eigenvalue weighted by Crippen LogP contribution is 2.14. The maximum atomic E-state index is 11.5. The zero-order valence-corrected chi connectivity index (χ0v) is 21.1. The van der Waals surface area contributed by atoms with Gasteiger partial charge in [-0.15, -0.1) is 0 Å². The van der Waals surface area contributed by atoms with Crippen LogP contribution in [0.1, 0.15) is 89.4 Å². The van der Waals surface area contributed by atoms with Crippen LogP contribution in [0.5, 0.6) is 0 Å². The Labute approximate surface area is 204 Å². The van der Waals surface area contributed by atoms with Gasteiger partial charge in [-0.25, -0.2) is 4.79 Å². The first kappa shape index (κ1) is 33.7. The standard InChI is InChI=1S/C11H22O4.C8H16O2.C7H6O2/c1-3-5-6-9(4-2)11(14)15-8-10(13)7-12;1-3-5-6-7(4-2)8(9)10;8-7(9)6-4-2-1-3-5-6/h9-10,12-13H,3-8H2,1-2H3;7H,3-6H2,1-2H3,(H,9,10);1-5H,(H,8,9). The van der Waals surface area contributed by atoms with Gasteiger partial charge in [0, 0.05) is 0 Å². The smallest absolute Gasteiger partial charge is 0.335 e. The first-order chi connectivity index (χ1) is 16.2. The molecule has 0 fully saturated rings. The van der Waals surface area contributed by atoms with Crippen LogP contribution >= 0.6 is 0 Å². The second-order valence-electron chi connectivity index (χ2n) is 7.97. The average Bonchev–Trinajstić information content (AvgIpc) is 2.84. The third-order valence-electron chi connectivity index (χ3n) is 5.13. The lowest BCUT2D eigenvalue weighted by Gasteiger charge is -2.15. The van der Waals surface area contributed by atoms with Gasteiger partial charge >= 0.3 is 17.9 Å². The average molecular weight is 485 g/mol. The van der Waals surface area contributed by atoms with E-state index in [9.17, 15) is 14.4 Å². The molecule has 0 saturated carbocycles. The van der Waals surface area contributed by atoms with Gasteiger partial charge in [0.05, 0.1) is 24.0 Å². The minimum Gasteiger partial charge on any atom is -0.481 e. The lowest BCUT2D eigenvalue weighted by Crippen LogP contribution is -2.25. The lowest BCUT2D eigenvalue weighted by atomic mass is 10.00. The molecule has 1 aromatic rings. The van der Waals surface area contributed by atoms with E-state index in [1.54, 1.807) is 30.3 Å². The summed E-state index contributed by atoms with van der Waals surface area (Å²) in [5, 5.41) is 34.5. The molecular formula is C26H44O8. The number of aliphatic hydroxyl groups is 2. The second kappa shape index (κ2) is 22.3. The number of carbonyl (C=O) groups is 3. The third kappa shape index (κ3) is 18.0. The van der Waals surface area contributed by atoms with Gasteiger partial charge in [-0.1, -0.05) is 71.6 Å².